The van der Waals surface area contributed by atoms with Crippen LogP contribution in [0.4, 0.5) is 0 Å². The van der Waals surface area contributed by atoms with Gasteiger partial charge in [0.2, 0.25) is 5.91 Å². The molecule has 1 aromatic rings. The Bertz CT molecular complexity index is 476. The molecule has 0 atom stereocenters. The average Bonchev–Trinajstić information content (AvgIpc) is 2.86. The lowest BCUT2D eigenvalue weighted by atomic mass is 9.98. The Kier molecular flexibility index (Phi) is 4.92. The molecular formula is C14H21N3O3. The summed E-state index contributed by atoms with van der Waals surface area (Å²) in [5, 5.41) is 11.5. The molecular weight excluding hydrogens is 258 g/mol. The second-order valence-electron chi connectivity index (χ2n) is 5.28. The highest BCUT2D eigenvalue weighted by molar-refractivity contribution is 6.04. The number of aromatic nitrogens is 1. The van der Waals surface area contributed by atoms with Crippen LogP contribution in [0.2, 0.25) is 0 Å². The fraction of sp³-hybridized carbons (Fsp3) is 0.571. The van der Waals surface area contributed by atoms with Crippen LogP contribution in [0.25, 0.3) is 0 Å². The van der Waals surface area contributed by atoms with Crippen LogP contribution in [-0.4, -0.2) is 52.6 Å². The zero-order chi connectivity index (χ0) is 14.5. The molecule has 1 saturated heterocycles. The lowest BCUT2D eigenvalue weighted by molar-refractivity contribution is -0.121. The first-order valence-corrected chi connectivity index (χ1v) is 6.89. The van der Waals surface area contributed by atoms with Crippen molar-refractivity contribution in [1.82, 2.24) is 14.8 Å². The molecule has 0 radical (unpaired) electrons. The van der Waals surface area contributed by atoms with Crippen molar-refractivity contribution < 1.29 is 14.7 Å². The molecule has 1 fully saturated rings. The molecule has 20 heavy (non-hydrogen) atoms. The van der Waals surface area contributed by atoms with Gasteiger partial charge in [-0.15, -0.1) is 0 Å². The van der Waals surface area contributed by atoms with Gasteiger partial charge in [0.25, 0.3) is 5.91 Å². The lowest BCUT2D eigenvalue weighted by Gasteiger charge is -2.30. The Morgan fingerprint density at radius 1 is 1.40 bits per heavy atom. The summed E-state index contributed by atoms with van der Waals surface area (Å²) in [5.74, 6) is -0.300. The Hall–Kier alpha value is -1.66. The van der Waals surface area contributed by atoms with Crippen LogP contribution in [0.5, 0.6) is 0 Å². The molecule has 6 nitrogen and oxygen atoms in total. The number of hydrogen-bond acceptors (Lipinski definition) is 4. The SMILES string of the molecule is Cn1cccc1C(=O)NC(=O)CN1CCC(CO)CC1. The summed E-state index contributed by atoms with van der Waals surface area (Å²) in [6.45, 7) is 2.02. The normalized spacial score (nSPS) is 17.1. The zero-order valence-corrected chi connectivity index (χ0v) is 11.7. The number of aliphatic hydroxyl groups is 1. The molecule has 2 heterocycles. The van der Waals surface area contributed by atoms with Gasteiger partial charge in [0, 0.05) is 19.9 Å². The van der Waals surface area contributed by atoms with Crippen molar-refractivity contribution >= 4 is 11.8 Å². The highest BCUT2D eigenvalue weighted by Gasteiger charge is 2.21. The molecule has 0 bridgehead atoms. The van der Waals surface area contributed by atoms with E-state index in [0.29, 0.717) is 11.6 Å². The van der Waals surface area contributed by atoms with E-state index < -0.39 is 0 Å². The summed E-state index contributed by atoms with van der Waals surface area (Å²) in [7, 11) is 1.76. The van der Waals surface area contributed by atoms with Crippen LogP contribution >= 0.6 is 0 Å². The maximum absolute atomic E-state index is 11.9. The summed E-state index contributed by atoms with van der Waals surface area (Å²) in [5.41, 5.74) is 0.470. The highest BCUT2D eigenvalue weighted by Crippen LogP contribution is 2.15. The average molecular weight is 279 g/mol. The van der Waals surface area contributed by atoms with E-state index in [2.05, 4.69) is 5.32 Å². The number of aliphatic hydroxyl groups excluding tert-OH is 1. The minimum atomic E-state index is -0.368. The van der Waals surface area contributed by atoms with Crippen LogP contribution in [-0.2, 0) is 11.8 Å². The molecule has 0 unspecified atom stereocenters. The van der Waals surface area contributed by atoms with Gasteiger partial charge in [-0.1, -0.05) is 0 Å². The zero-order valence-electron chi connectivity index (χ0n) is 11.7. The Labute approximate surface area is 118 Å². The molecule has 1 aromatic heterocycles. The third kappa shape index (κ3) is 3.68. The topological polar surface area (TPSA) is 74.6 Å². The number of nitrogens with zero attached hydrogens (tertiary/aromatic N) is 2. The van der Waals surface area contributed by atoms with Gasteiger partial charge in [-0.05, 0) is 44.0 Å². The van der Waals surface area contributed by atoms with E-state index in [1.54, 1.807) is 29.9 Å². The molecule has 1 aliphatic rings. The van der Waals surface area contributed by atoms with E-state index in [1.165, 1.54) is 0 Å². The Morgan fingerprint density at radius 3 is 2.65 bits per heavy atom. The van der Waals surface area contributed by atoms with E-state index >= 15 is 0 Å². The third-order valence-electron chi connectivity index (χ3n) is 3.76. The Balaban J connectivity index is 1.79. The van der Waals surface area contributed by atoms with Gasteiger partial charge in [0.1, 0.15) is 5.69 Å². The Morgan fingerprint density at radius 2 is 2.10 bits per heavy atom. The van der Waals surface area contributed by atoms with E-state index in [4.69, 9.17) is 5.11 Å². The number of hydrogen-bond donors (Lipinski definition) is 2. The molecule has 2 N–H and O–H groups in total. The van der Waals surface area contributed by atoms with Crippen LogP contribution in [0.3, 0.4) is 0 Å². The molecule has 0 saturated carbocycles. The van der Waals surface area contributed by atoms with Crippen molar-refractivity contribution in [3.05, 3.63) is 24.0 Å². The van der Waals surface area contributed by atoms with Crippen molar-refractivity contribution in [3.63, 3.8) is 0 Å². The molecule has 0 aromatic carbocycles. The first-order chi connectivity index (χ1) is 9.60. The fourth-order valence-electron chi connectivity index (χ4n) is 2.46. The van der Waals surface area contributed by atoms with Crippen molar-refractivity contribution in [3.8, 4) is 0 Å². The minimum Gasteiger partial charge on any atom is -0.396 e. The van der Waals surface area contributed by atoms with Gasteiger partial charge in [0.15, 0.2) is 0 Å². The van der Waals surface area contributed by atoms with E-state index in [1.807, 2.05) is 4.90 Å². The maximum atomic E-state index is 11.9. The number of carbonyl (C=O) groups excluding carboxylic acids is 2. The van der Waals surface area contributed by atoms with Crippen LogP contribution in [0.15, 0.2) is 18.3 Å². The number of rotatable bonds is 4. The molecule has 6 heteroatoms. The quantitative estimate of drug-likeness (QED) is 0.812. The summed E-state index contributed by atoms with van der Waals surface area (Å²) >= 11 is 0. The predicted octanol–water partition coefficient (Wildman–Crippen LogP) is -0.0142. The second kappa shape index (κ2) is 6.67. The first-order valence-electron chi connectivity index (χ1n) is 6.89. The van der Waals surface area contributed by atoms with E-state index in [9.17, 15) is 9.59 Å². The second-order valence-corrected chi connectivity index (χ2v) is 5.28. The van der Waals surface area contributed by atoms with E-state index in [-0.39, 0.29) is 25.0 Å². The predicted molar refractivity (Wildman–Crippen MR) is 74.1 cm³/mol. The third-order valence-corrected chi connectivity index (χ3v) is 3.76. The number of piperidine rings is 1. The van der Waals surface area contributed by atoms with E-state index in [0.717, 1.165) is 25.9 Å². The number of carbonyl (C=O) groups is 2. The van der Waals surface area contributed by atoms with Crippen LogP contribution < -0.4 is 5.32 Å². The fourth-order valence-corrected chi connectivity index (χ4v) is 2.46. The van der Waals surface area contributed by atoms with Gasteiger partial charge >= 0.3 is 0 Å². The maximum Gasteiger partial charge on any atom is 0.274 e. The molecule has 0 spiro atoms. The summed E-state index contributed by atoms with van der Waals surface area (Å²) < 4.78 is 1.68. The number of aryl methyl sites for hydroxylation is 1. The molecule has 110 valence electrons. The summed E-state index contributed by atoms with van der Waals surface area (Å²) in [6.07, 6.45) is 3.56. The molecule has 2 rings (SSSR count). The minimum absolute atomic E-state index is 0.214. The van der Waals surface area contributed by atoms with Gasteiger partial charge in [-0.25, -0.2) is 0 Å². The molecule has 0 aliphatic carbocycles. The first kappa shape index (κ1) is 14.7. The molecule has 2 amide bonds. The summed E-state index contributed by atoms with van der Waals surface area (Å²) in [4.78, 5) is 25.7. The molecule has 1 aliphatic heterocycles. The summed E-state index contributed by atoms with van der Waals surface area (Å²) in [6, 6.07) is 3.44. The number of likely N-dealkylation sites (tertiary alicyclic amines) is 1. The monoisotopic (exact) mass is 279 g/mol. The number of imide groups is 1. The number of amides is 2. The van der Waals surface area contributed by atoms with Crippen molar-refractivity contribution in [2.75, 3.05) is 26.2 Å². The van der Waals surface area contributed by atoms with Crippen molar-refractivity contribution in [2.24, 2.45) is 13.0 Å². The van der Waals surface area contributed by atoms with Gasteiger partial charge < -0.3 is 9.67 Å². The largest absolute Gasteiger partial charge is 0.396 e. The van der Waals surface area contributed by atoms with Gasteiger partial charge in [-0.3, -0.25) is 19.8 Å². The van der Waals surface area contributed by atoms with Crippen molar-refractivity contribution in [2.45, 2.75) is 12.8 Å². The van der Waals surface area contributed by atoms with Crippen molar-refractivity contribution in [1.29, 1.82) is 0 Å². The van der Waals surface area contributed by atoms with Gasteiger partial charge in [-0.2, -0.15) is 0 Å². The standard InChI is InChI=1S/C14H21N3O3/c1-16-6-2-3-12(16)14(20)15-13(19)9-17-7-4-11(10-18)5-8-17/h2-3,6,11,18H,4-5,7-10H2,1H3,(H,15,19,20). The van der Waals surface area contributed by atoms with Gasteiger partial charge in [0.05, 0.1) is 6.54 Å². The lowest BCUT2D eigenvalue weighted by Crippen LogP contribution is -2.43. The highest BCUT2D eigenvalue weighted by atomic mass is 16.3. The van der Waals surface area contributed by atoms with Crippen LogP contribution in [0, 0.1) is 5.92 Å². The smallest absolute Gasteiger partial charge is 0.274 e. The van der Waals surface area contributed by atoms with Crippen LogP contribution in [0.1, 0.15) is 23.3 Å². The number of nitrogens with one attached hydrogen (secondary N) is 1.